The van der Waals surface area contributed by atoms with Crippen molar-refractivity contribution in [2.45, 2.75) is 45.1 Å². The third-order valence-electron chi connectivity index (χ3n) is 6.20. The number of carbonyl (C=O) groups excluding carboxylic acids is 2. The normalized spacial score (nSPS) is 14.6. The lowest BCUT2D eigenvalue weighted by Gasteiger charge is -2.26. The van der Waals surface area contributed by atoms with E-state index >= 15 is 0 Å². The molecule has 9 nitrogen and oxygen atoms in total. The molecular formula is C25H28N6O3. The summed E-state index contributed by atoms with van der Waals surface area (Å²) in [5, 5.41) is 21.6. The van der Waals surface area contributed by atoms with Gasteiger partial charge in [0.1, 0.15) is 5.52 Å². The van der Waals surface area contributed by atoms with Gasteiger partial charge >= 0.3 is 0 Å². The van der Waals surface area contributed by atoms with Gasteiger partial charge < -0.3 is 10.0 Å². The first-order valence-corrected chi connectivity index (χ1v) is 11.6. The van der Waals surface area contributed by atoms with Crippen LogP contribution in [0.3, 0.4) is 0 Å². The Balaban J connectivity index is 1.72. The van der Waals surface area contributed by atoms with Crippen molar-refractivity contribution in [1.29, 1.82) is 5.26 Å². The molecule has 0 aliphatic carbocycles. The molecule has 1 aliphatic rings. The van der Waals surface area contributed by atoms with Crippen molar-refractivity contribution < 1.29 is 14.7 Å². The minimum atomic E-state index is -0.405. The Morgan fingerprint density at radius 1 is 1.21 bits per heavy atom. The summed E-state index contributed by atoms with van der Waals surface area (Å²) in [7, 11) is 0. The molecule has 0 radical (unpaired) electrons. The highest BCUT2D eigenvalue weighted by Gasteiger charge is 2.24. The lowest BCUT2D eigenvalue weighted by Crippen LogP contribution is -2.35. The van der Waals surface area contributed by atoms with Gasteiger partial charge in [-0.05, 0) is 56.4 Å². The molecule has 1 unspecified atom stereocenters. The van der Waals surface area contributed by atoms with Gasteiger partial charge in [-0.1, -0.05) is 13.0 Å². The molecule has 176 valence electrons. The van der Waals surface area contributed by atoms with Crippen LogP contribution in [0.4, 0.5) is 5.95 Å². The Morgan fingerprint density at radius 3 is 2.71 bits per heavy atom. The number of aliphatic hydroxyl groups is 1. The Hall–Kier alpha value is -3.77. The molecule has 0 saturated carbocycles. The number of hydrogen-bond donors (Lipinski definition) is 2. The number of imidazole rings is 1. The largest absolute Gasteiger partial charge is 0.396 e. The summed E-state index contributed by atoms with van der Waals surface area (Å²) in [5.74, 6) is -0.181. The second-order valence-corrected chi connectivity index (χ2v) is 8.45. The number of nitrogens with one attached hydrogen (secondary N) is 1. The SMILES string of the molecule is CCC(CCO)n1c(NC(=O)c2cccc(C#N)c2)nc2cc(C(=O)N3CCCCC3)cnc21. The molecule has 34 heavy (non-hydrogen) atoms. The zero-order valence-electron chi connectivity index (χ0n) is 19.2. The molecule has 2 amide bonds. The van der Waals surface area contributed by atoms with Crippen LogP contribution in [0.1, 0.15) is 71.3 Å². The van der Waals surface area contributed by atoms with Crippen LogP contribution in [0.25, 0.3) is 11.2 Å². The van der Waals surface area contributed by atoms with E-state index in [1.54, 1.807) is 30.5 Å². The highest BCUT2D eigenvalue weighted by atomic mass is 16.3. The molecule has 2 aromatic heterocycles. The number of rotatable bonds is 7. The van der Waals surface area contributed by atoms with Gasteiger partial charge in [0.25, 0.3) is 11.8 Å². The van der Waals surface area contributed by atoms with E-state index in [0.717, 1.165) is 32.4 Å². The number of aromatic nitrogens is 3. The monoisotopic (exact) mass is 460 g/mol. The number of piperidine rings is 1. The zero-order valence-corrected chi connectivity index (χ0v) is 19.2. The van der Waals surface area contributed by atoms with Crippen LogP contribution in [0.15, 0.2) is 36.5 Å². The molecule has 3 heterocycles. The van der Waals surface area contributed by atoms with Gasteiger partial charge in [0.2, 0.25) is 5.95 Å². The van der Waals surface area contributed by atoms with E-state index in [2.05, 4.69) is 15.3 Å². The number of nitriles is 1. The molecule has 0 bridgehead atoms. The van der Waals surface area contributed by atoms with Crippen molar-refractivity contribution in [3.8, 4) is 6.07 Å². The van der Waals surface area contributed by atoms with E-state index in [4.69, 9.17) is 5.26 Å². The number of nitrogens with zero attached hydrogens (tertiary/aromatic N) is 5. The maximum Gasteiger partial charge on any atom is 0.258 e. The molecule has 4 rings (SSSR count). The van der Waals surface area contributed by atoms with E-state index in [0.29, 0.717) is 40.7 Å². The molecule has 1 saturated heterocycles. The van der Waals surface area contributed by atoms with Gasteiger partial charge in [-0.2, -0.15) is 5.26 Å². The van der Waals surface area contributed by atoms with Gasteiger partial charge in [-0.15, -0.1) is 0 Å². The average Bonchev–Trinajstić information content (AvgIpc) is 3.24. The number of pyridine rings is 1. The predicted octanol–water partition coefficient (Wildman–Crippen LogP) is 3.51. The quantitative estimate of drug-likeness (QED) is 0.556. The van der Waals surface area contributed by atoms with Crippen LogP contribution >= 0.6 is 0 Å². The maximum absolute atomic E-state index is 13.0. The van der Waals surface area contributed by atoms with Crippen molar-refractivity contribution in [2.75, 3.05) is 25.0 Å². The van der Waals surface area contributed by atoms with E-state index in [1.807, 2.05) is 22.5 Å². The van der Waals surface area contributed by atoms with Gasteiger partial charge in [0.15, 0.2) is 5.65 Å². The van der Waals surface area contributed by atoms with Crippen molar-refractivity contribution in [3.63, 3.8) is 0 Å². The lowest BCUT2D eigenvalue weighted by molar-refractivity contribution is 0.0724. The smallest absolute Gasteiger partial charge is 0.258 e. The standard InChI is InChI=1S/C25H28N6O3/c1-2-20(9-12-32)31-22-21(14-19(16-27-22)24(34)30-10-4-3-5-11-30)28-25(31)29-23(33)18-8-6-7-17(13-18)15-26/h6-8,13-14,16,20,32H,2-5,9-12H2,1H3,(H,28,29,33). The molecule has 2 N–H and O–H groups in total. The van der Waals surface area contributed by atoms with Crippen molar-refractivity contribution in [3.05, 3.63) is 53.2 Å². The number of anilines is 1. The second-order valence-electron chi connectivity index (χ2n) is 8.45. The number of hydrogen-bond acceptors (Lipinski definition) is 6. The maximum atomic E-state index is 13.0. The van der Waals surface area contributed by atoms with E-state index in [1.165, 1.54) is 6.07 Å². The number of likely N-dealkylation sites (tertiary alicyclic amines) is 1. The Labute approximate surface area is 198 Å². The Kier molecular flexibility index (Phi) is 7.18. The third-order valence-corrected chi connectivity index (χ3v) is 6.20. The second kappa shape index (κ2) is 10.4. The molecule has 1 aromatic carbocycles. The van der Waals surface area contributed by atoms with Crippen LogP contribution in [0.5, 0.6) is 0 Å². The summed E-state index contributed by atoms with van der Waals surface area (Å²) >= 11 is 0. The Morgan fingerprint density at radius 2 is 2.00 bits per heavy atom. The number of amides is 2. The summed E-state index contributed by atoms with van der Waals surface area (Å²) < 4.78 is 1.81. The summed E-state index contributed by atoms with van der Waals surface area (Å²) in [6, 6.07) is 10.0. The highest BCUT2D eigenvalue weighted by molar-refractivity contribution is 6.04. The van der Waals surface area contributed by atoms with Crippen molar-refractivity contribution >= 4 is 28.9 Å². The highest BCUT2D eigenvalue weighted by Crippen LogP contribution is 2.28. The van der Waals surface area contributed by atoms with Crippen LogP contribution in [0.2, 0.25) is 0 Å². The molecule has 3 aromatic rings. The number of aliphatic hydroxyl groups excluding tert-OH is 1. The minimum Gasteiger partial charge on any atom is -0.396 e. The predicted molar refractivity (Wildman–Crippen MR) is 127 cm³/mol. The fourth-order valence-electron chi connectivity index (χ4n) is 4.38. The minimum absolute atomic E-state index is 0.0265. The first kappa shape index (κ1) is 23.4. The Bertz CT molecular complexity index is 1240. The molecule has 0 spiro atoms. The fourth-order valence-corrected chi connectivity index (χ4v) is 4.38. The van der Waals surface area contributed by atoms with Crippen molar-refractivity contribution in [2.24, 2.45) is 0 Å². The van der Waals surface area contributed by atoms with E-state index in [-0.39, 0.29) is 24.5 Å². The number of benzene rings is 1. The van der Waals surface area contributed by atoms with Gasteiger partial charge in [0, 0.05) is 37.5 Å². The fraction of sp³-hybridized carbons (Fsp3) is 0.400. The molecule has 9 heteroatoms. The van der Waals surface area contributed by atoms with Crippen LogP contribution in [-0.2, 0) is 0 Å². The van der Waals surface area contributed by atoms with Crippen LogP contribution < -0.4 is 5.32 Å². The molecule has 1 aliphatic heterocycles. The first-order chi connectivity index (χ1) is 16.5. The third kappa shape index (κ3) is 4.77. The molecule has 1 atom stereocenters. The van der Waals surface area contributed by atoms with Gasteiger partial charge in [0.05, 0.1) is 17.2 Å². The molecule has 1 fully saturated rings. The van der Waals surface area contributed by atoms with Crippen LogP contribution in [-0.4, -0.2) is 56.1 Å². The van der Waals surface area contributed by atoms with Gasteiger partial charge in [-0.3, -0.25) is 19.5 Å². The molecular weight excluding hydrogens is 432 g/mol. The lowest BCUT2D eigenvalue weighted by atomic mass is 10.1. The summed E-state index contributed by atoms with van der Waals surface area (Å²) in [5.41, 5.74) is 2.22. The zero-order chi connectivity index (χ0) is 24.1. The van der Waals surface area contributed by atoms with E-state index in [9.17, 15) is 14.7 Å². The van der Waals surface area contributed by atoms with E-state index < -0.39 is 5.91 Å². The average molecular weight is 461 g/mol. The van der Waals surface area contributed by atoms with Crippen LogP contribution in [0, 0.1) is 11.3 Å². The summed E-state index contributed by atoms with van der Waals surface area (Å²) in [6.45, 7) is 3.44. The summed E-state index contributed by atoms with van der Waals surface area (Å²) in [6.07, 6.45) is 5.84. The summed E-state index contributed by atoms with van der Waals surface area (Å²) in [4.78, 5) is 36.9. The van der Waals surface area contributed by atoms with Crippen molar-refractivity contribution in [1.82, 2.24) is 19.4 Å². The topological polar surface area (TPSA) is 124 Å². The number of fused-ring (bicyclic) bond motifs is 1. The first-order valence-electron chi connectivity index (χ1n) is 11.6. The number of carbonyl (C=O) groups is 2. The van der Waals surface area contributed by atoms with Gasteiger partial charge in [-0.25, -0.2) is 9.97 Å².